The Labute approximate surface area is 161 Å². The van der Waals surface area contributed by atoms with Crippen molar-refractivity contribution in [1.82, 2.24) is 4.90 Å². The average molecular weight is 364 g/mol. The standard InChI is InChI=1S/C23H28N2O2/c24-15-19-8-4-5-13-25(19)23(26)22-14-21(22)18-9-11-20(12-10-18)27-16-17-6-2-1-3-7-17/h1-3,6-7,9-12,19,21-22H,4-5,8,13-16,24H2. The first-order valence-corrected chi connectivity index (χ1v) is 10.0. The van der Waals surface area contributed by atoms with Gasteiger partial charge in [-0.15, -0.1) is 0 Å². The minimum absolute atomic E-state index is 0.133. The van der Waals surface area contributed by atoms with E-state index in [-0.39, 0.29) is 12.0 Å². The average Bonchev–Trinajstić information content (AvgIpc) is 3.54. The van der Waals surface area contributed by atoms with Crippen LogP contribution in [0.5, 0.6) is 5.75 Å². The number of hydrogen-bond donors (Lipinski definition) is 1. The maximum Gasteiger partial charge on any atom is 0.226 e. The third-order valence-corrected chi connectivity index (χ3v) is 5.85. The van der Waals surface area contributed by atoms with Gasteiger partial charge in [-0.1, -0.05) is 42.5 Å². The molecule has 3 unspecified atom stereocenters. The Balaban J connectivity index is 1.33. The number of ether oxygens (including phenoxy) is 1. The van der Waals surface area contributed by atoms with Crippen LogP contribution in [-0.4, -0.2) is 29.9 Å². The van der Waals surface area contributed by atoms with Crippen molar-refractivity contribution < 1.29 is 9.53 Å². The maximum absolute atomic E-state index is 12.9. The largest absolute Gasteiger partial charge is 0.489 e. The van der Waals surface area contributed by atoms with Gasteiger partial charge in [0.15, 0.2) is 0 Å². The molecule has 1 aliphatic heterocycles. The summed E-state index contributed by atoms with van der Waals surface area (Å²) >= 11 is 0. The monoisotopic (exact) mass is 364 g/mol. The molecule has 4 heteroatoms. The smallest absolute Gasteiger partial charge is 0.226 e. The molecule has 27 heavy (non-hydrogen) atoms. The molecule has 3 atom stereocenters. The Hall–Kier alpha value is -2.33. The maximum atomic E-state index is 12.9. The molecule has 2 fully saturated rings. The van der Waals surface area contributed by atoms with Crippen LogP contribution in [0.25, 0.3) is 0 Å². The van der Waals surface area contributed by atoms with Gasteiger partial charge in [0.2, 0.25) is 5.91 Å². The highest BCUT2D eigenvalue weighted by Crippen LogP contribution is 2.49. The van der Waals surface area contributed by atoms with Gasteiger partial charge in [0.1, 0.15) is 12.4 Å². The summed E-state index contributed by atoms with van der Waals surface area (Å²) < 4.78 is 5.86. The van der Waals surface area contributed by atoms with Crippen LogP contribution >= 0.6 is 0 Å². The van der Waals surface area contributed by atoms with Crippen LogP contribution in [-0.2, 0) is 11.4 Å². The Morgan fingerprint density at radius 3 is 2.59 bits per heavy atom. The summed E-state index contributed by atoms with van der Waals surface area (Å²) in [6.45, 7) is 2.02. The number of nitrogens with two attached hydrogens (primary N) is 1. The fourth-order valence-electron chi connectivity index (χ4n) is 4.14. The number of likely N-dealkylation sites (tertiary alicyclic amines) is 1. The highest BCUT2D eigenvalue weighted by molar-refractivity contribution is 5.83. The summed E-state index contributed by atoms with van der Waals surface area (Å²) in [6.07, 6.45) is 4.29. The van der Waals surface area contributed by atoms with Crippen molar-refractivity contribution >= 4 is 5.91 Å². The van der Waals surface area contributed by atoms with Gasteiger partial charge >= 0.3 is 0 Å². The third kappa shape index (κ3) is 4.16. The van der Waals surface area contributed by atoms with Gasteiger partial charge in [0.25, 0.3) is 0 Å². The van der Waals surface area contributed by atoms with Gasteiger partial charge in [-0.2, -0.15) is 0 Å². The fraction of sp³-hybridized carbons (Fsp3) is 0.435. The van der Waals surface area contributed by atoms with Crippen molar-refractivity contribution in [3.05, 3.63) is 65.7 Å². The van der Waals surface area contributed by atoms with E-state index in [1.165, 1.54) is 12.0 Å². The zero-order chi connectivity index (χ0) is 18.6. The molecule has 1 saturated carbocycles. The number of nitrogens with zero attached hydrogens (tertiary/aromatic N) is 1. The van der Waals surface area contributed by atoms with Crippen molar-refractivity contribution in [2.45, 2.75) is 44.2 Å². The molecule has 2 N–H and O–H groups in total. The van der Waals surface area contributed by atoms with Crippen LogP contribution in [0.4, 0.5) is 0 Å². The highest BCUT2D eigenvalue weighted by atomic mass is 16.5. The number of hydrogen-bond acceptors (Lipinski definition) is 3. The van der Waals surface area contributed by atoms with Crippen LogP contribution < -0.4 is 10.5 Å². The lowest BCUT2D eigenvalue weighted by atomic mass is 10.0. The van der Waals surface area contributed by atoms with E-state index in [1.54, 1.807) is 0 Å². The van der Waals surface area contributed by atoms with Gasteiger partial charge in [-0.25, -0.2) is 0 Å². The lowest BCUT2D eigenvalue weighted by Crippen LogP contribution is -2.48. The molecular formula is C23H28N2O2. The van der Waals surface area contributed by atoms with E-state index in [9.17, 15) is 4.79 Å². The van der Waals surface area contributed by atoms with Gasteiger partial charge in [0.05, 0.1) is 0 Å². The lowest BCUT2D eigenvalue weighted by molar-refractivity contribution is -0.136. The highest BCUT2D eigenvalue weighted by Gasteiger charge is 2.46. The predicted molar refractivity (Wildman–Crippen MR) is 106 cm³/mol. The molecule has 2 aromatic rings. The molecule has 2 aromatic carbocycles. The molecule has 4 nitrogen and oxygen atoms in total. The van der Waals surface area contributed by atoms with Crippen LogP contribution in [0, 0.1) is 5.92 Å². The van der Waals surface area contributed by atoms with Crippen LogP contribution in [0.15, 0.2) is 54.6 Å². The van der Waals surface area contributed by atoms with E-state index in [0.29, 0.717) is 25.0 Å². The normalized spacial score (nSPS) is 24.5. The first-order chi connectivity index (χ1) is 13.3. The molecule has 2 aliphatic rings. The summed E-state index contributed by atoms with van der Waals surface area (Å²) in [5.74, 6) is 1.65. The number of benzene rings is 2. The first kappa shape index (κ1) is 18.1. The topological polar surface area (TPSA) is 55.6 Å². The minimum Gasteiger partial charge on any atom is -0.489 e. The number of amides is 1. The second kappa shape index (κ2) is 8.13. The second-order valence-corrected chi connectivity index (χ2v) is 7.71. The Kier molecular flexibility index (Phi) is 5.44. The van der Waals surface area contributed by atoms with Crippen molar-refractivity contribution in [1.29, 1.82) is 0 Å². The predicted octanol–water partition coefficient (Wildman–Crippen LogP) is 3.71. The summed E-state index contributed by atoms with van der Waals surface area (Å²) in [4.78, 5) is 14.9. The van der Waals surface area contributed by atoms with E-state index in [1.807, 2.05) is 35.2 Å². The van der Waals surface area contributed by atoms with Gasteiger partial charge in [0, 0.05) is 25.0 Å². The molecule has 1 aliphatic carbocycles. The Bertz CT molecular complexity index is 760. The molecule has 0 spiro atoms. The van der Waals surface area contributed by atoms with E-state index >= 15 is 0 Å². The van der Waals surface area contributed by atoms with Crippen LogP contribution in [0.3, 0.4) is 0 Å². The molecule has 0 bridgehead atoms. The summed E-state index contributed by atoms with van der Waals surface area (Å²) in [5.41, 5.74) is 8.27. The van der Waals surface area contributed by atoms with Crippen LogP contribution in [0.2, 0.25) is 0 Å². The molecule has 1 amide bonds. The Morgan fingerprint density at radius 2 is 1.85 bits per heavy atom. The number of piperidine rings is 1. The van der Waals surface area contributed by atoms with Gasteiger partial charge in [-0.05, 0) is 54.9 Å². The van der Waals surface area contributed by atoms with Crippen molar-refractivity contribution in [3.63, 3.8) is 0 Å². The van der Waals surface area contributed by atoms with E-state index < -0.39 is 0 Å². The summed E-state index contributed by atoms with van der Waals surface area (Å²) in [5, 5.41) is 0. The number of rotatable bonds is 6. The minimum atomic E-state index is 0.133. The van der Waals surface area contributed by atoms with Crippen molar-refractivity contribution in [2.75, 3.05) is 13.1 Å². The lowest BCUT2D eigenvalue weighted by Gasteiger charge is -2.35. The molecule has 4 rings (SSSR count). The van der Waals surface area contributed by atoms with Crippen LogP contribution in [0.1, 0.15) is 42.7 Å². The molecule has 142 valence electrons. The van der Waals surface area contributed by atoms with E-state index in [2.05, 4.69) is 24.3 Å². The SMILES string of the molecule is NCC1CCCCN1C(=O)C1CC1c1ccc(OCc2ccccc2)cc1. The zero-order valence-electron chi connectivity index (χ0n) is 15.7. The molecular weight excluding hydrogens is 336 g/mol. The zero-order valence-corrected chi connectivity index (χ0v) is 15.7. The number of carbonyl (C=O) groups is 1. The van der Waals surface area contributed by atoms with Crippen molar-refractivity contribution in [3.8, 4) is 5.75 Å². The second-order valence-electron chi connectivity index (χ2n) is 7.71. The van der Waals surface area contributed by atoms with Crippen molar-refractivity contribution in [2.24, 2.45) is 11.7 Å². The van der Waals surface area contributed by atoms with Gasteiger partial charge in [-0.3, -0.25) is 4.79 Å². The summed E-state index contributed by atoms with van der Waals surface area (Å²) in [7, 11) is 0. The van der Waals surface area contributed by atoms with E-state index in [0.717, 1.165) is 37.1 Å². The molecule has 1 saturated heterocycles. The summed E-state index contributed by atoms with van der Waals surface area (Å²) in [6, 6.07) is 18.6. The molecule has 0 radical (unpaired) electrons. The Morgan fingerprint density at radius 1 is 1.07 bits per heavy atom. The van der Waals surface area contributed by atoms with E-state index in [4.69, 9.17) is 10.5 Å². The molecule has 1 heterocycles. The van der Waals surface area contributed by atoms with Gasteiger partial charge < -0.3 is 15.4 Å². The quantitative estimate of drug-likeness (QED) is 0.850. The molecule has 0 aromatic heterocycles. The third-order valence-electron chi connectivity index (χ3n) is 5.85. The first-order valence-electron chi connectivity index (χ1n) is 10.0. The number of carbonyl (C=O) groups excluding carboxylic acids is 1. The fourth-order valence-corrected chi connectivity index (χ4v) is 4.14.